The molecule has 1 saturated heterocycles. The molecular weight excluding hydrogens is 226 g/mol. The molecule has 1 aromatic rings. The summed E-state index contributed by atoms with van der Waals surface area (Å²) in [5.74, 6) is 1.08. The molecule has 2 unspecified atom stereocenters. The number of rotatable bonds is 5. The highest BCUT2D eigenvalue weighted by Gasteiger charge is 2.29. The predicted molar refractivity (Wildman–Crippen MR) is 72.7 cm³/mol. The van der Waals surface area contributed by atoms with Crippen LogP contribution in [-0.2, 0) is 11.2 Å². The molecular formula is C15H25NO2. The van der Waals surface area contributed by atoms with E-state index in [4.69, 9.17) is 9.15 Å². The van der Waals surface area contributed by atoms with Crippen molar-refractivity contribution in [2.45, 2.75) is 64.1 Å². The quantitative estimate of drug-likeness (QED) is 0.873. The number of hydrogen-bond acceptors (Lipinski definition) is 3. The minimum Gasteiger partial charge on any atom is -0.469 e. The summed E-state index contributed by atoms with van der Waals surface area (Å²) in [5, 5.41) is 3.72. The molecule has 1 N–H and O–H groups in total. The van der Waals surface area contributed by atoms with E-state index >= 15 is 0 Å². The first-order valence-electron chi connectivity index (χ1n) is 6.97. The minimum atomic E-state index is 0.0245. The summed E-state index contributed by atoms with van der Waals surface area (Å²) in [5.41, 5.74) is 0.0245. The zero-order valence-corrected chi connectivity index (χ0v) is 11.7. The molecule has 0 radical (unpaired) electrons. The van der Waals surface area contributed by atoms with Crippen molar-refractivity contribution in [2.75, 3.05) is 6.61 Å². The van der Waals surface area contributed by atoms with Gasteiger partial charge in [0, 0.05) is 25.1 Å². The van der Waals surface area contributed by atoms with E-state index < -0.39 is 0 Å². The van der Waals surface area contributed by atoms with Crippen molar-refractivity contribution in [1.82, 2.24) is 5.32 Å². The second-order valence-electron chi connectivity index (χ2n) is 5.98. The number of ether oxygens (including phenoxy) is 1. The molecule has 2 heterocycles. The number of furan rings is 1. The lowest BCUT2D eigenvalue weighted by atomic mass is 9.93. The molecule has 0 spiro atoms. The van der Waals surface area contributed by atoms with Crippen LogP contribution in [0.25, 0.3) is 0 Å². The smallest absolute Gasteiger partial charge is 0.103 e. The average Bonchev–Trinajstić information content (AvgIpc) is 2.77. The summed E-state index contributed by atoms with van der Waals surface area (Å²) in [6, 6.07) is 5.10. The second-order valence-corrected chi connectivity index (χ2v) is 5.98. The highest BCUT2D eigenvalue weighted by atomic mass is 16.5. The predicted octanol–water partition coefficient (Wildman–Crippen LogP) is 3.15. The molecule has 1 aliphatic heterocycles. The van der Waals surface area contributed by atoms with Gasteiger partial charge < -0.3 is 14.5 Å². The molecule has 3 nitrogen and oxygen atoms in total. The molecule has 1 aromatic heterocycles. The number of hydrogen-bond donors (Lipinski definition) is 1. The van der Waals surface area contributed by atoms with Crippen LogP contribution in [0.15, 0.2) is 22.8 Å². The van der Waals surface area contributed by atoms with E-state index in [1.54, 1.807) is 6.26 Å². The van der Waals surface area contributed by atoms with Crippen molar-refractivity contribution >= 4 is 0 Å². The first-order valence-corrected chi connectivity index (χ1v) is 6.97. The molecule has 0 aliphatic carbocycles. The van der Waals surface area contributed by atoms with E-state index in [2.05, 4.69) is 26.1 Å². The van der Waals surface area contributed by atoms with Gasteiger partial charge in [-0.3, -0.25) is 0 Å². The zero-order chi connectivity index (χ0) is 13.0. The summed E-state index contributed by atoms with van der Waals surface area (Å²) >= 11 is 0. The fourth-order valence-corrected chi connectivity index (χ4v) is 2.67. The van der Waals surface area contributed by atoms with E-state index in [0.717, 1.165) is 38.1 Å². The third-order valence-electron chi connectivity index (χ3n) is 3.62. The SMILES string of the molecule is CC(CCc1ccco1)NC1CCOC(C)(C)C1. The van der Waals surface area contributed by atoms with Gasteiger partial charge in [0.25, 0.3) is 0 Å². The maximum atomic E-state index is 5.74. The molecule has 1 aliphatic rings. The van der Waals surface area contributed by atoms with Crippen molar-refractivity contribution in [1.29, 1.82) is 0 Å². The third-order valence-corrected chi connectivity index (χ3v) is 3.62. The van der Waals surface area contributed by atoms with Gasteiger partial charge in [-0.15, -0.1) is 0 Å². The summed E-state index contributed by atoms with van der Waals surface area (Å²) in [4.78, 5) is 0. The van der Waals surface area contributed by atoms with Gasteiger partial charge in [0.1, 0.15) is 5.76 Å². The molecule has 18 heavy (non-hydrogen) atoms. The largest absolute Gasteiger partial charge is 0.469 e. The van der Waals surface area contributed by atoms with E-state index in [0.29, 0.717) is 12.1 Å². The first-order chi connectivity index (χ1) is 8.55. The highest BCUT2D eigenvalue weighted by Crippen LogP contribution is 2.24. The van der Waals surface area contributed by atoms with Crippen molar-refractivity contribution < 1.29 is 9.15 Å². The lowest BCUT2D eigenvalue weighted by Gasteiger charge is -2.37. The number of nitrogens with one attached hydrogen (secondary N) is 1. The van der Waals surface area contributed by atoms with Crippen LogP contribution in [0, 0.1) is 0 Å². The molecule has 0 bridgehead atoms. The Labute approximate surface area is 110 Å². The van der Waals surface area contributed by atoms with Crippen LogP contribution in [0.3, 0.4) is 0 Å². The van der Waals surface area contributed by atoms with Gasteiger partial charge in [-0.1, -0.05) is 0 Å². The maximum Gasteiger partial charge on any atom is 0.103 e. The van der Waals surface area contributed by atoms with Crippen LogP contribution in [0.4, 0.5) is 0 Å². The number of aryl methyl sites for hydroxylation is 1. The molecule has 1 fully saturated rings. The van der Waals surface area contributed by atoms with Crippen LogP contribution in [0.2, 0.25) is 0 Å². The maximum absolute atomic E-state index is 5.74. The Kier molecular flexibility index (Phi) is 4.46. The van der Waals surface area contributed by atoms with Crippen molar-refractivity contribution in [3.63, 3.8) is 0 Å². The molecule has 102 valence electrons. The summed E-state index contributed by atoms with van der Waals surface area (Å²) in [6.45, 7) is 7.48. The Balaban J connectivity index is 1.72. The highest BCUT2D eigenvalue weighted by molar-refractivity contribution is 4.98. The van der Waals surface area contributed by atoms with E-state index in [9.17, 15) is 0 Å². The minimum absolute atomic E-state index is 0.0245. The summed E-state index contributed by atoms with van der Waals surface area (Å²) < 4.78 is 11.1. The van der Waals surface area contributed by atoms with Gasteiger partial charge in [0.2, 0.25) is 0 Å². The Morgan fingerprint density at radius 1 is 1.50 bits per heavy atom. The van der Waals surface area contributed by atoms with Gasteiger partial charge in [-0.05, 0) is 52.2 Å². The van der Waals surface area contributed by atoms with Gasteiger partial charge in [-0.2, -0.15) is 0 Å². The Bertz CT molecular complexity index is 345. The molecule has 2 rings (SSSR count). The van der Waals surface area contributed by atoms with Crippen LogP contribution < -0.4 is 5.32 Å². The van der Waals surface area contributed by atoms with Gasteiger partial charge in [-0.25, -0.2) is 0 Å². The van der Waals surface area contributed by atoms with Gasteiger partial charge in [0.15, 0.2) is 0 Å². The Morgan fingerprint density at radius 3 is 3.00 bits per heavy atom. The van der Waals surface area contributed by atoms with Crippen LogP contribution in [0.1, 0.15) is 45.8 Å². The van der Waals surface area contributed by atoms with Crippen molar-refractivity contribution in [3.8, 4) is 0 Å². The molecule has 0 aromatic carbocycles. The lowest BCUT2D eigenvalue weighted by molar-refractivity contribution is -0.0640. The van der Waals surface area contributed by atoms with E-state index in [1.165, 1.54) is 0 Å². The normalized spacial score (nSPS) is 24.9. The second kappa shape index (κ2) is 5.89. The molecule has 0 saturated carbocycles. The zero-order valence-electron chi connectivity index (χ0n) is 11.7. The van der Waals surface area contributed by atoms with E-state index in [1.807, 2.05) is 12.1 Å². The topological polar surface area (TPSA) is 34.4 Å². The Hall–Kier alpha value is -0.800. The fourth-order valence-electron chi connectivity index (χ4n) is 2.67. The van der Waals surface area contributed by atoms with Crippen molar-refractivity contribution in [3.05, 3.63) is 24.2 Å². The standard InChI is InChI=1S/C15H25NO2/c1-12(6-7-14-5-4-9-17-14)16-13-8-10-18-15(2,3)11-13/h4-5,9,12-13,16H,6-8,10-11H2,1-3H3. The summed E-state index contributed by atoms with van der Waals surface area (Å²) in [6.07, 6.45) is 6.08. The molecule has 2 atom stereocenters. The van der Waals surface area contributed by atoms with Gasteiger partial charge >= 0.3 is 0 Å². The lowest BCUT2D eigenvalue weighted by Crippen LogP contribution is -2.46. The van der Waals surface area contributed by atoms with E-state index in [-0.39, 0.29) is 5.60 Å². The fraction of sp³-hybridized carbons (Fsp3) is 0.733. The average molecular weight is 251 g/mol. The van der Waals surface area contributed by atoms with Crippen LogP contribution in [-0.4, -0.2) is 24.3 Å². The van der Waals surface area contributed by atoms with Crippen molar-refractivity contribution in [2.24, 2.45) is 0 Å². The molecule has 0 amide bonds. The third kappa shape index (κ3) is 4.14. The van der Waals surface area contributed by atoms with Crippen LogP contribution in [0.5, 0.6) is 0 Å². The monoisotopic (exact) mass is 251 g/mol. The first kappa shape index (κ1) is 13.6. The Morgan fingerprint density at radius 2 is 2.33 bits per heavy atom. The summed E-state index contributed by atoms with van der Waals surface area (Å²) in [7, 11) is 0. The van der Waals surface area contributed by atoms with Gasteiger partial charge in [0.05, 0.1) is 11.9 Å². The van der Waals surface area contributed by atoms with Crippen LogP contribution >= 0.6 is 0 Å². The molecule has 3 heteroatoms.